The molecule has 18 nitrogen and oxygen atoms in total. The van der Waals surface area contributed by atoms with Gasteiger partial charge in [-0.05, 0) is 73.2 Å². The summed E-state index contributed by atoms with van der Waals surface area (Å²) in [6, 6.07) is 21.8. The zero-order valence-corrected chi connectivity index (χ0v) is 34.5. The average molecular weight is 910 g/mol. The maximum Gasteiger partial charge on any atom is 2.00 e. The molecule has 0 amide bonds. The summed E-state index contributed by atoms with van der Waals surface area (Å²) in [5, 5.41) is 58.3. The quantitative estimate of drug-likeness (QED) is 0.0486. The Balaban J connectivity index is 0.000000240. The molecule has 0 aliphatic heterocycles. The number of phenols is 2. The van der Waals surface area contributed by atoms with Crippen LogP contribution in [0.3, 0.4) is 0 Å². The van der Waals surface area contributed by atoms with Gasteiger partial charge in [0.2, 0.25) is 0 Å². The van der Waals surface area contributed by atoms with E-state index in [0.29, 0.717) is 21.9 Å². The van der Waals surface area contributed by atoms with E-state index in [1.165, 1.54) is 86.6 Å². The summed E-state index contributed by atoms with van der Waals surface area (Å²) in [7, 11) is -9.62. The normalized spacial score (nSPS) is 11.7. The third kappa shape index (κ3) is 9.75. The number of aromatic hydroxyl groups is 2. The third-order valence-corrected chi connectivity index (χ3v) is 9.50. The summed E-state index contributed by atoms with van der Waals surface area (Å²) in [6.07, 6.45) is 0. The van der Waals surface area contributed by atoms with Crippen LogP contribution in [-0.4, -0.2) is 94.9 Å². The van der Waals surface area contributed by atoms with Gasteiger partial charge in [-0.1, -0.05) is 36.4 Å². The molecule has 0 fully saturated rings. The summed E-state index contributed by atoms with van der Waals surface area (Å²) in [5.41, 5.74) is 0.720. The maximum atomic E-state index is 11.6. The van der Waals surface area contributed by atoms with Crippen LogP contribution >= 0.6 is 0 Å². The number of fused-ring (bicyclic) bond motifs is 2. The number of nitro groups is 2. The number of azo groups is 2. The van der Waals surface area contributed by atoms with Crippen molar-refractivity contribution in [3.8, 4) is 11.5 Å². The molecule has 0 spiro atoms. The number of aryl methyl sites for hydroxylation is 2. The number of nitrogens with zero attached hydrogens (tertiary/aromatic N) is 6. The Hall–Kier alpha value is -5.17. The van der Waals surface area contributed by atoms with E-state index in [9.17, 15) is 56.4 Å². The van der Waals surface area contributed by atoms with Crippen molar-refractivity contribution >= 4 is 125 Å². The number of benzene rings is 6. The van der Waals surface area contributed by atoms with E-state index in [1.807, 2.05) is 0 Å². The second-order valence-corrected chi connectivity index (χ2v) is 14.0. The van der Waals surface area contributed by atoms with Crippen LogP contribution in [0.1, 0.15) is 11.1 Å². The van der Waals surface area contributed by atoms with Crippen molar-refractivity contribution in [1.82, 2.24) is 0 Å². The first-order chi connectivity index (χ1) is 25.4. The number of rotatable bonds is 8. The van der Waals surface area contributed by atoms with Crippen molar-refractivity contribution in [2.75, 3.05) is 0 Å². The fourth-order valence-corrected chi connectivity index (χ4v) is 6.70. The molecule has 0 saturated carbocycles. The van der Waals surface area contributed by atoms with E-state index in [-0.39, 0.29) is 105 Å². The Morgan fingerprint density at radius 3 is 1.22 bits per heavy atom. The summed E-state index contributed by atoms with van der Waals surface area (Å²) < 4.78 is 69.3. The molecule has 6 aromatic rings. The van der Waals surface area contributed by atoms with Gasteiger partial charge < -0.3 is 19.3 Å². The molecule has 0 saturated heterocycles. The maximum absolute atomic E-state index is 11.6. The fourth-order valence-electron chi connectivity index (χ4n) is 5.28. The largest absolute Gasteiger partial charge is 2.00 e. The van der Waals surface area contributed by atoms with E-state index in [2.05, 4.69) is 20.5 Å². The molecule has 0 aliphatic carbocycles. The molecule has 6 aromatic carbocycles. The molecule has 0 aromatic heterocycles. The van der Waals surface area contributed by atoms with Crippen molar-refractivity contribution < 1.29 is 46.0 Å². The van der Waals surface area contributed by atoms with Crippen molar-refractivity contribution in [3.63, 3.8) is 0 Å². The molecule has 276 valence electrons. The van der Waals surface area contributed by atoms with Gasteiger partial charge in [-0.15, -0.1) is 10.2 Å². The molecule has 2 N–H and O–H groups in total. The summed E-state index contributed by atoms with van der Waals surface area (Å²) in [4.78, 5) is 19.6. The van der Waals surface area contributed by atoms with E-state index in [0.717, 1.165) is 12.1 Å². The molecular weight excluding hydrogens is 886 g/mol. The minimum atomic E-state index is -4.81. The monoisotopic (exact) mass is 910 g/mol. The predicted octanol–water partition coefficient (Wildman–Crippen LogP) is 7.78. The molecular formula is C34H24BaN6O12S2. The van der Waals surface area contributed by atoms with Crippen LogP contribution in [0.2, 0.25) is 0 Å². The van der Waals surface area contributed by atoms with E-state index in [4.69, 9.17) is 0 Å². The van der Waals surface area contributed by atoms with Crippen LogP contribution in [0, 0.1) is 34.1 Å². The van der Waals surface area contributed by atoms with Crippen LogP contribution in [0.5, 0.6) is 11.5 Å². The summed E-state index contributed by atoms with van der Waals surface area (Å²) in [6.45, 7) is 3.07. The smallest absolute Gasteiger partial charge is 0.744 e. The van der Waals surface area contributed by atoms with Gasteiger partial charge >= 0.3 is 48.9 Å². The molecule has 55 heavy (non-hydrogen) atoms. The van der Waals surface area contributed by atoms with Gasteiger partial charge in [0.1, 0.15) is 43.1 Å². The molecule has 0 heterocycles. The van der Waals surface area contributed by atoms with Crippen molar-refractivity contribution in [1.29, 1.82) is 0 Å². The van der Waals surface area contributed by atoms with E-state index < -0.39 is 39.9 Å². The standard InChI is InChI=1S/2C17H13N3O6S.Ba/c2*1-10-9-12(6-7-13(10)20(22)23)18-19-17-14(21)8-5-11-3-2-4-15(16(11)17)27(24,25)26;/h2*2-9,21H,1H3,(H,24,25,26);/q;;+2/p-2. The number of hydrogen-bond acceptors (Lipinski definition) is 16. The van der Waals surface area contributed by atoms with Gasteiger partial charge in [-0.25, -0.2) is 16.8 Å². The summed E-state index contributed by atoms with van der Waals surface area (Å²) in [5.74, 6) is -0.720. The third-order valence-electron chi connectivity index (χ3n) is 7.74. The number of hydrogen-bond donors (Lipinski definition) is 2. The average Bonchev–Trinajstić information content (AvgIpc) is 3.09. The van der Waals surface area contributed by atoms with Gasteiger partial charge in [-0.3, -0.25) is 20.2 Å². The number of nitro benzene ring substituents is 2. The molecule has 6 rings (SSSR count). The van der Waals surface area contributed by atoms with Gasteiger partial charge in [-0.2, -0.15) is 10.2 Å². The first kappa shape index (κ1) is 42.6. The SMILES string of the molecule is Cc1cc(N=Nc2c(O)ccc3cccc(S(=O)(=O)[O-])c23)ccc1[N+](=O)[O-].Cc1cc(N=Nc2c(O)ccc3cccc(S(=O)(=O)[O-])c23)ccc1[N+](=O)[O-].[Ba+2]. The van der Waals surface area contributed by atoms with Crippen molar-refractivity contribution in [2.45, 2.75) is 23.6 Å². The summed E-state index contributed by atoms with van der Waals surface area (Å²) >= 11 is 0. The van der Waals surface area contributed by atoms with E-state index in [1.54, 1.807) is 12.1 Å². The van der Waals surface area contributed by atoms with Crippen molar-refractivity contribution in [3.05, 3.63) is 128 Å². The molecule has 0 atom stereocenters. The predicted molar refractivity (Wildman–Crippen MR) is 197 cm³/mol. The Bertz CT molecular complexity index is 2610. The second kappa shape index (κ2) is 17.1. The van der Waals surface area contributed by atoms with Crippen LogP contribution in [-0.2, 0) is 20.2 Å². The molecule has 0 unspecified atom stereocenters. The first-order valence-corrected chi connectivity index (χ1v) is 17.9. The fraction of sp³-hybridized carbons (Fsp3) is 0.0588. The Labute approximate surface area is 351 Å². The van der Waals surface area contributed by atoms with Gasteiger partial charge in [0, 0.05) is 34.0 Å². The molecule has 0 radical (unpaired) electrons. The molecule has 21 heteroatoms. The van der Waals surface area contributed by atoms with Crippen molar-refractivity contribution in [2.24, 2.45) is 20.5 Å². The van der Waals surface area contributed by atoms with Crippen LogP contribution in [0.15, 0.2) is 127 Å². The minimum Gasteiger partial charge on any atom is -0.744 e. The zero-order chi connectivity index (χ0) is 39.5. The van der Waals surface area contributed by atoms with Crippen LogP contribution in [0.25, 0.3) is 21.5 Å². The Morgan fingerprint density at radius 1 is 0.545 bits per heavy atom. The Morgan fingerprint density at radius 2 is 0.909 bits per heavy atom. The topological polar surface area (TPSA) is 291 Å². The van der Waals surface area contributed by atoms with Gasteiger partial charge in [0.25, 0.3) is 11.4 Å². The first-order valence-electron chi connectivity index (χ1n) is 15.1. The molecule has 0 aliphatic rings. The van der Waals surface area contributed by atoms with Crippen LogP contribution < -0.4 is 0 Å². The Kier molecular flexibility index (Phi) is 13.2. The molecule has 0 bridgehead atoms. The van der Waals surface area contributed by atoms with Crippen LogP contribution in [0.4, 0.5) is 34.1 Å². The van der Waals surface area contributed by atoms with Gasteiger partial charge in [0.15, 0.2) is 0 Å². The van der Waals surface area contributed by atoms with Gasteiger partial charge in [0.05, 0.1) is 31.0 Å². The van der Waals surface area contributed by atoms with E-state index >= 15 is 0 Å². The zero-order valence-electron chi connectivity index (χ0n) is 28.4. The minimum absolute atomic E-state index is 0. The second-order valence-electron chi connectivity index (χ2n) is 11.3. The number of phenolic OH excluding ortho intramolecular Hbond substituents is 2.